The van der Waals surface area contributed by atoms with Crippen LogP contribution in [0.1, 0.15) is 28.5 Å². The monoisotopic (exact) mass is 376 g/mol. The van der Waals surface area contributed by atoms with Gasteiger partial charge in [-0.05, 0) is 18.6 Å². The quantitative estimate of drug-likeness (QED) is 0.648. The second-order valence-electron chi connectivity index (χ2n) is 6.26. The lowest BCUT2D eigenvalue weighted by atomic mass is 10.2. The van der Waals surface area contributed by atoms with Gasteiger partial charge in [-0.2, -0.15) is 0 Å². The van der Waals surface area contributed by atoms with Gasteiger partial charge in [-0.1, -0.05) is 48.5 Å². The first-order valence-electron chi connectivity index (χ1n) is 9.22. The van der Waals surface area contributed by atoms with Crippen LogP contribution in [-0.2, 0) is 13.1 Å². The Morgan fingerprint density at radius 1 is 1.07 bits per heavy atom. The fraction of sp³-hybridized carbons (Fsp3) is 0.227. The molecule has 1 heterocycles. The summed E-state index contributed by atoms with van der Waals surface area (Å²) in [7, 11) is 1.65. The Morgan fingerprint density at radius 2 is 1.82 bits per heavy atom. The van der Waals surface area contributed by atoms with Crippen LogP contribution in [0.2, 0.25) is 0 Å². The third kappa shape index (κ3) is 4.85. The van der Waals surface area contributed by atoms with Crippen molar-refractivity contribution < 1.29 is 9.53 Å². The predicted octanol–water partition coefficient (Wildman–Crippen LogP) is 3.76. The number of ether oxygens (including phenoxy) is 1. The molecule has 0 saturated heterocycles. The molecule has 0 saturated carbocycles. The molecule has 0 bridgehead atoms. The Morgan fingerprint density at radius 3 is 2.57 bits per heavy atom. The molecule has 3 rings (SSSR count). The van der Waals surface area contributed by atoms with Crippen molar-refractivity contribution in [3.63, 3.8) is 0 Å². The van der Waals surface area contributed by atoms with Crippen molar-refractivity contribution in [3.05, 3.63) is 83.8 Å². The van der Waals surface area contributed by atoms with E-state index in [0.717, 1.165) is 16.9 Å². The summed E-state index contributed by atoms with van der Waals surface area (Å²) in [6.45, 7) is 3.64. The zero-order valence-electron chi connectivity index (χ0n) is 16.1. The number of nitrogens with one attached hydrogen (secondary N) is 1. The Hall–Kier alpha value is -3.41. The number of methoxy groups -OCH3 is 1. The van der Waals surface area contributed by atoms with E-state index in [-0.39, 0.29) is 5.91 Å². The van der Waals surface area contributed by atoms with E-state index >= 15 is 0 Å². The Bertz CT molecular complexity index is 915. The van der Waals surface area contributed by atoms with Crippen LogP contribution < -0.4 is 10.1 Å². The number of anilines is 1. The lowest BCUT2D eigenvalue weighted by molar-refractivity contribution is 0.0746. The van der Waals surface area contributed by atoms with Gasteiger partial charge in [-0.3, -0.25) is 4.79 Å². The number of hydrogen-bond acceptors (Lipinski definition) is 5. The topological polar surface area (TPSA) is 67.4 Å². The van der Waals surface area contributed by atoms with E-state index in [0.29, 0.717) is 31.1 Å². The van der Waals surface area contributed by atoms with E-state index in [1.54, 1.807) is 18.1 Å². The number of hydrogen-bond donors (Lipinski definition) is 1. The Labute approximate surface area is 165 Å². The van der Waals surface area contributed by atoms with Crippen molar-refractivity contribution in [2.24, 2.45) is 0 Å². The molecule has 0 aliphatic heterocycles. The second-order valence-corrected chi connectivity index (χ2v) is 6.26. The van der Waals surface area contributed by atoms with E-state index in [1.165, 1.54) is 6.33 Å². The molecule has 1 amide bonds. The van der Waals surface area contributed by atoms with Gasteiger partial charge < -0.3 is 15.0 Å². The molecular weight excluding hydrogens is 352 g/mol. The average molecular weight is 376 g/mol. The van der Waals surface area contributed by atoms with Crippen LogP contribution in [0.5, 0.6) is 5.75 Å². The SMILES string of the molecule is CCN(Cc1ccccc1)C(=O)c1cc(NCc2ccccc2OC)ncn1. The van der Waals surface area contributed by atoms with Crippen LogP contribution in [0.25, 0.3) is 0 Å². The van der Waals surface area contributed by atoms with Gasteiger partial charge in [0.1, 0.15) is 23.6 Å². The van der Waals surface area contributed by atoms with Gasteiger partial charge in [0.15, 0.2) is 0 Å². The standard InChI is InChI=1S/C22H24N4O2/c1-3-26(15-17-9-5-4-6-10-17)22(27)19-13-21(25-16-24-19)23-14-18-11-7-8-12-20(18)28-2/h4-13,16H,3,14-15H2,1-2H3,(H,23,24,25). The highest BCUT2D eigenvalue weighted by Gasteiger charge is 2.17. The number of benzene rings is 2. The van der Waals surface area contributed by atoms with E-state index < -0.39 is 0 Å². The molecule has 0 unspecified atom stereocenters. The normalized spacial score (nSPS) is 10.4. The van der Waals surface area contributed by atoms with E-state index in [2.05, 4.69) is 15.3 Å². The first-order chi connectivity index (χ1) is 13.7. The minimum Gasteiger partial charge on any atom is -0.496 e. The van der Waals surface area contributed by atoms with E-state index in [1.807, 2.05) is 61.5 Å². The lowest BCUT2D eigenvalue weighted by Crippen LogP contribution is -2.31. The number of nitrogens with zero attached hydrogens (tertiary/aromatic N) is 3. The number of carbonyl (C=O) groups is 1. The Balaban J connectivity index is 1.70. The van der Waals surface area contributed by atoms with Crippen molar-refractivity contribution in [3.8, 4) is 5.75 Å². The Kier molecular flexibility index (Phi) is 6.57. The summed E-state index contributed by atoms with van der Waals surface area (Å²) >= 11 is 0. The lowest BCUT2D eigenvalue weighted by Gasteiger charge is -2.20. The van der Waals surface area contributed by atoms with Gasteiger partial charge in [0, 0.05) is 31.3 Å². The molecule has 6 nitrogen and oxygen atoms in total. The molecule has 0 spiro atoms. The van der Waals surface area contributed by atoms with Gasteiger partial charge in [0.25, 0.3) is 5.91 Å². The molecule has 1 aromatic heterocycles. The molecule has 0 atom stereocenters. The van der Waals surface area contributed by atoms with Crippen molar-refractivity contribution in [2.45, 2.75) is 20.0 Å². The fourth-order valence-corrected chi connectivity index (χ4v) is 2.90. The minimum absolute atomic E-state index is 0.117. The zero-order chi connectivity index (χ0) is 19.8. The molecule has 0 radical (unpaired) electrons. The van der Waals surface area contributed by atoms with Crippen LogP contribution >= 0.6 is 0 Å². The van der Waals surface area contributed by atoms with E-state index in [9.17, 15) is 4.79 Å². The molecule has 2 aromatic carbocycles. The van der Waals surface area contributed by atoms with Crippen molar-refractivity contribution in [1.82, 2.24) is 14.9 Å². The molecular formula is C22H24N4O2. The predicted molar refractivity (Wildman–Crippen MR) is 109 cm³/mol. The molecule has 6 heteroatoms. The number of amides is 1. The summed E-state index contributed by atoms with van der Waals surface area (Å²) in [6, 6.07) is 19.4. The van der Waals surface area contributed by atoms with Gasteiger partial charge in [-0.15, -0.1) is 0 Å². The first-order valence-corrected chi connectivity index (χ1v) is 9.22. The highest BCUT2D eigenvalue weighted by molar-refractivity contribution is 5.92. The highest BCUT2D eigenvalue weighted by atomic mass is 16.5. The van der Waals surface area contributed by atoms with Gasteiger partial charge >= 0.3 is 0 Å². The average Bonchev–Trinajstić information content (AvgIpc) is 2.76. The summed E-state index contributed by atoms with van der Waals surface area (Å²) in [6.07, 6.45) is 1.41. The second kappa shape index (κ2) is 9.50. The van der Waals surface area contributed by atoms with E-state index in [4.69, 9.17) is 4.74 Å². The fourth-order valence-electron chi connectivity index (χ4n) is 2.90. The summed E-state index contributed by atoms with van der Waals surface area (Å²) < 4.78 is 5.36. The largest absolute Gasteiger partial charge is 0.496 e. The molecule has 28 heavy (non-hydrogen) atoms. The zero-order valence-corrected chi connectivity index (χ0v) is 16.1. The van der Waals surface area contributed by atoms with Gasteiger partial charge in [0.05, 0.1) is 7.11 Å². The smallest absolute Gasteiger partial charge is 0.272 e. The minimum atomic E-state index is -0.117. The third-order valence-electron chi connectivity index (χ3n) is 4.42. The summed E-state index contributed by atoms with van der Waals surface area (Å²) in [4.78, 5) is 23.1. The number of para-hydroxylation sites is 1. The summed E-state index contributed by atoms with van der Waals surface area (Å²) in [5.74, 6) is 1.29. The van der Waals surface area contributed by atoms with Crippen molar-refractivity contribution in [1.29, 1.82) is 0 Å². The number of aromatic nitrogens is 2. The van der Waals surface area contributed by atoms with Crippen molar-refractivity contribution in [2.75, 3.05) is 19.0 Å². The maximum Gasteiger partial charge on any atom is 0.272 e. The molecule has 1 N–H and O–H groups in total. The van der Waals surface area contributed by atoms with Crippen LogP contribution in [0.15, 0.2) is 67.0 Å². The van der Waals surface area contributed by atoms with Crippen LogP contribution in [0.4, 0.5) is 5.82 Å². The number of rotatable bonds is 8. The maximum atomic E-state index is 12.9. The molecule has 144 valence electrons. The molecule has 0 aliphatic carbocycles. The maximum absolute atomic E-state index is 12.9. The molecule has 0 fully saturated rings. The first kappa shape index (κ1) is 19.4. The third-order valence-corrected chi connectivity index (χ3v) is 4.42. The van der Waals surface area contributed by atoms with Crippen LogP contribution in [0, 0.1) is 0 Å². The van der Waals surface area contributed by atoms with Gasteiger partial charge in [-0.25, -0.2) is 9.97 Å². The summed E-state index contributed by atoms with van der Waals surface area (Å²) in [5.41, 5.74) is 2.47. The number of carbonyl (C=O) groups excluding carboxylic acids is 1. The molecule has 3 aromatic rings. The highest BCUT2D eigenvalue weighted by Crippen LogP contribution is 2.18. The summed E-state index contributed by atoms with van der Waals surface area (Å²) in [5, 5.41) is 3.24. The molecule has 0 aliphatic rings. The van der Waals surface area contributed by atoms with Crippen molar-refractivity contribution >= 4 is 11.7 Å². The van der Waals surface area contributed by atoms with Crippen LogP contribution in [0.3, 0.4) is 0 Å². The van der Waals surface area contributed by atoms with Crippen LogP contribution in [-0.4, -0.2) is 34.4 Å². The van der Waals surface area contributed by atoms with Gasteiger partial charge in [0.2, 0.25) is 0 Å².